The standard InChI is InChI=1S/C9H7ClN4O/c10-4-1-2-6-5(3-4)7-8(11-6)12-9(15)14-13-7/h1-3,7,13H,(H2,11,12,14,15). The second-order valence-electron chi connectivity index (χ2n) is 3.36. The molecule has 0 bridgehead atoms. The van der Waals surface area contributed by atoms with Gasteiger partial charge in [-0.3, -0.25) is 10.7 Å². The summed E-state index contributed by atoms with van der Waals surface area (Å²) >= 11 is 5.90. The van der Waals surface area contributed by atoms with Crippen molar-refractivity contribution in [3.05, 3.63) is 28.8 Å². The zero-order chi connectivity index (χ0) is 10.4. The van der Waals surface area contributed by atoms with Crippen molar-refractivity contribution < 1.29 is 4.79 Å². The maximum absolute atomic E-state index is 11.0. The Morgan fingerprint density at radius 2 is 2.27 bits per heavy atom. The lowest BCUT2D eigenvalue weighted by molar-refractivity contribution is 0.236. The van der Waals surface area contributed by atoms with Crippen LogP contribution < -0.4 is 16.2 Å². The van der Waals surface area contributed by atoms with Crippen LogP contribution in [0.3, 0.4) is 0 Å². The Morgan fingerprint density at radius 3 is 3.13 bits per heavy atom. The first-order chi connectivity index (χ1) is 7.24. The molecule has 2 heterocycles. The Hall–Kier alpha value is -1.59. The minimum absolute atomic E-state index is 0.128. The number of urea groups is 1. The van der Waals surface area contributed by atoms with Crippen molar-refractivity contribution in [3.63, 3.8) is 0 Å². The van der Waals surface area contributed by atoms with Crippen molar-refractivity contribution in [3.8, 4) is 0 Å². The fourth-order valence-electron chi connectivity index (χ4n) is 1.73. The zero-order valence-electron chi connectivity index (χ0n) is 7.54. The van der Waals surface area contributed by atoms with E-state index in [1.165, 1.54) is 0 Å². The van der Waals surface area contributed by atoms with Crippen LogP contribution in [-0.4, -0.2) is 11.9 Å². The summed E-state index contributed by atoms with van der Waals surface area (Å²) in [6.45, 7) is 0. The summed E-state index contributed by atoms with van der Waals surface area (Å²) in [5.74, 6) is 0.607. The third-order valence-corrected chi connectivity index (χ3v) is 2.62. The van der Waals surface area contributed by atoms with E-state index in [2.05, 4.69) is 21.2 Å². The van der Waals surface area contributed by atoms with Crippen molar-refractivity contribution in [2.24, 2.45) is 4.99 Å². The molecule has 0 saturated carbocycles. The van der Waals surface area contributed by atoms with Crippen LogP contribution >= 0.6 is 11.6 Å². The number of amidine groups is 1. The van der Waals surface area contributed by atoms with E-state index in [1.54, 1.807) is 6.07 Å². The van der Waals surface area contributed by atoms with Gasteiger partial charge in [0.25, 0.3) is 0 Å². The number of aliphatic imine (C=N–C) groups is 1. The molecule has 6 heteroatoms. The van der Waals surface area contributed by atoms with Crippen LogP contribution in [0.2, 0.25) is 5.02 Å². The lowest BCUT2D eigenvalue weighted by atomic mass is 10.1. The van der Waals surface area contributed by atoms with Crippen LogP contribution in [0.15, 0.2) is 23.2 Å². The number of hydrazine groups is 1. The van der Waals surface area contributed by atoms with Gasteiger partial charge in [-0.15, -0.1) is 0 Å². The third-order valence-electron chi connectivity index (χ3n) is 2.39. The summed E-state index contributed by atoms with van der Waals surface area (Å²) in [4.78, 5) is 15.3. The van der Waals surface area contributed by atoms with E-state index < -0.39 is 0 Å². The van der Waals surface area contributed by atoms with Crippen LogP contribution in [-0.2, 0) is 0 Å². The molecule has 1 aromatic carbocycles. The molecule has 3 rings (SSSR count). The Balaban J connectivity index is 2.06. The van der Waals surface area contributed by atoms with Gasteiger partial charge in [0.1, 0.15) is 11.9 Å². The lowest BCUT2D eigenvalue weighted by Gasteiger charge is -2.23. The van der Waals surface area contributed by atoms with Gasteiger partial charge in [-0.2, -0.15) is 0 Å². The fraction of sp³-hybridized carbons (Fsp3) is 0.111. The molecule has 0 aliphatic carbocycles. The SMILES string of the molecule is O=C1NNC2C(=Nc3ccc(Cl)cc32)N1. The molecule has 5 nitrogen and oxygen atoms in total. The largest absolute Gasteiger partial charge is 0.334 e. The molecule has 1 fully saturated rings. The predicted octanol–water partition coefficient (Wildman–Crippen LogP) is 1.24. The molecular weight excluding hydrogens is 216 g/mol. The number of benzene rings is 1. The molecule has 0 aromatic heterocycles. The average molecular weight is 223 g/mol. The highest BCUT2D eigenvalue weighted by Crippen LogP contribution is 2.35. The second kappa shape index (κ2) is 2.95. The highest BCUT2D eigenvalue weighted by atomic mass is 35.5. The summed E-state index contributed by atoms with van der Waals surface area (Å²) < 4.78 is 0. The van der Waals surface area contributed by atoms with Crippen molar-refractivity contribution >= 4 is 29.2 Å². The molecule has 2 aliphatic heterocycles. The number of hydrogen-bond acceptors (Lipinski definition) is 3. The van der Waals surface area contributed by atoms with Crippen LogP contribution in [0.5, 0.6) is 0 Å². The monoisotopic (exact) mass is 222 g/mol. The van der Waals surface area contributed by atoms with Crippen molar-refractivity contribution in [1.82, 2.24) is 16.2 Å². The number of amides is 2. The highest BCUT2D eigenvalue weighted by Gasteiger charge is 2.32. The van der Waals surface area contributed by atoms with E-state index in [0.29, 0.717) is 10.9 Å². The van der Waals surface area contributed by atoms with Gasteiger partial charge in [-0.05, 0) is 18.2 Å². The Labute approximate surface area is 90.5 Å². The number of nitrogens with one attached hydrogen (secondary N) is 3. The lowest BCUT2D eigenvalue weighted by Crippen LogP contribution is -2.57. The summed E-state index contributed by atoms with van der Waals surface area (Å²) in [6.07, 6.45) is 0. The number of hydrogen-bond donors (Lipinski definition) is 3. The fourth-order valence-corrected chi connectivity index (χ4v) is 1.91. The molecule has 76 valence electrons. The molecule has 2 aliphatic rings. The van der Waals surface area contributed by atoms with E-state index >= 15 is 0 Å². The van der Waals surface area contributed by atoms with Gasteiger partial charge in [0.05, 0.1) is 5.69 Å². The number of fused-ring (bicyclic) bond motifs is 3. The number of carbonyl (C=O) groups excluding carboxylic acids is 1. The van der Waals surface area contributed by atoms with Gasteiger partial charge in [0.2, 0.25) is 0 Å². The first-order valence-electron chi connectivity index (χ1n) is 4.44. The summed E-state index contributed by atoms with van der Waals surface area (Å²) in [5, 5.41) is 3.30. The van der Waals surface area contributed by atoms with E-state index in [0.717, 1.165) is 11.3 Å². The maximum Gasteiger partial charge on any atom is 0.334 e. The molecular formula is C9H7ClN4O. The van der Waals surface area contributed by atoms with Crippen LogP contribution in [0.4, 0.5) is 10.5 Å². The average Bonchev–Trinajstić information content (AvgIpc) is 2.54. The van der Waals surface area contributed by atoms with Crippen LogP contribution in [0, 0.1) is 0 Å². The molecule has 1 aromatic rings. The van der Waals surface area contributed by atoms with Gasteiger partial charge in [0.15, 0.2) is 0 Å². The number of rotatable bonds is 0. The van der Waals surface area contributed by atoms with Crippen molar-refractivity contribution in [1.29, 1.82) is 0 Å². The highest BCUT2D eigenvalue weighted by molar-refractivity contribution is 6.30. The zero-order valence-corrected chi connectivity index (χ0v) is 8.30. The molecule has 0 radical (unpaired) electrons. The molecule has 2 amide bonds. The van der Waals surface area contributed by atoms with Gasteiger partial charge in [-0.1, -0.05) is 11.6 Å². The molecule has 0 spiro atoms. The maximum atomic E-state index is 11.0. The first kappa shape index (κ1) is 8.70. The van der Waals surface area contributed by atoms with Gasteiger partial charge in [-0.25, -0.2) is 15.2 Å². The number of carbonyl (C=O) groups is 1. The molecule has 15 heavy (non-hydrogen) atoms. The predicted molar refractivity (Wildman–Crippen MR) is 56.1 cm³/mol. The first-order valence-corrected chi connectivity index (χ1v) is 4.82. The normalized spacial score (nSPS) is 22.3. The van der Waals surface area contributed by atoms with Crippen LogP contribution in [0.25, 0.3) is 0 Å². The van der Waals surface area contributed by atoms with Gasteiger partial charge >= 0.3 is 6.03 Å². The summed E-state index contributed by atoms with van der Waals surface area (Å²) in [5.41, 5.74) is 7.15. The molecule has 1 atom stereocenters. The third kappa shape index (κ3) is 1.28. The number of halogens is 1. The smallest absolute Gasteiger partial charge is 0.293 e. The van der Waals surface area contributed by atoms with Gasteiger partial charge < -0.3 is 0 Å². The summed E-state index contributed by atoms with van der Waals surface area (Å²) in [6, 6.07) is 5.01. The Bertz CT molecular complexity index is 485. The topological polar surface area (TPSA) is 65.5 Å². The molecule has 1 saturated heterocycles. The van der Waals surface area contributed by atoms with Crippen LogP contribution in [0.1, 0.15) is 11.6 Å². The van der Waals surface area contributed by atoms with Crippen molar-refractivity contribution in [2.45, 2.75) is 6.04 Å². The van der Waals surface area contributed by atoms with E-state index in [1.807, 2.05) is 12.1 Å². The number of nitrogens with zero attached hydrogens (tertiary/aromatic N) is 1. The Morgan fingerprint density at radius 1 is 1.40 bits per heavy atom. The van der Waals surface area contributed by atoms with E-state index in [9.17, 15) is 4.79 Å². The van der Waals surface area contributed by atoms with Crippen molar-refractivity contribution in [2.75, 3.05) is 0 Å². The Kier molecular flexibility index (Phi) is 1.71. The minimum Gasteiger partial charge on any atom is -0.293 e. The second-order valence-corrected chi connectivity index (χ2v) is 3.79. The van der Waals surface area contributed by atoms with E-state index in [-0.39, 0.29) is 12.1 Å². The summed E-state index contributed by atoms with van der Waals surface area (Å²) in [7, 11) is 0. The minimum atomic E-state index is -0.302. The quantitative estimate of drug-likeness (QED) is 0.618. The molecule has 1 unspecified atom stereocenters. The molecule has 3 N–H and O–H groups in total. The van der Waals surface area contributed by atoms with Gasteiger partial charge in [0, 0.05) is 10.6 Å². The van der Waals surface area contributed by atoms with E-state index in [4.69, 9.17) is 11.6 Å².